The van der Waals surface area contributed by atoms with E-state index in [1.165, 1.54) is 6.42 Å². The SMILES string of the molecule is O=C(O)C1C[C@H]2CCN1C2. The van der Waals surface area contributed by atoms with Gasteiger partial charge in [0.25, 0.3) is 0 Å². The van der Waals surface area contributed by atoms with Crippen LogP contribution in [-0.2, 0) is 4.79 Å². The van der Waals surface area contributed by atoms with Gasteiger partial charge in [0, 0.05) is 6.54 Å². The summed E-state index contributed by atoms with van der Waals surface area (Å²) in [6.45, 7) is 2.03. The lowest BCUT2D eigenvalue weighted by atomic mass is 10.0. The number of aliphatic carboxylic acids is 1. The first-order valence-electron chi connectivity index (χ1n) is 3.74. The summed E-state index contributed by atoms with van der Waals surface area (Å²) in [4.78, 5) is 12.6. The lowest BCUT2D eigenvalue weighted by Crippen LogP contribution is -2.36. The van der Waals surface area contributed by atoms with Crippen molar-refractivity contribution in [2.45, 2.75) is 18.9 Å². The number of rotatable bonds is 1. The third-order valence-corrected chi connectivity index (χ3v) is 2.60. The number of carboxylic acid groups (broad SMARTS) is 1. The molecule has 2 aliphatic rings. The van der Waals surface area contributed by atoms with E-state index >= 15 is 0 Å². The Morgan fingerprint density at radius 1 is 1.60 bits per heavy atom. The number of carboxylic acids is 1. The van der Waals surface area contributed by atoms with Crippen molar-refractivity contribution in [3.63, 3.8) is 0 Å². The molecule has 0 amide bonds. The molecule has 0 spiro atoms. The lowest BCUT2D eigenvalue weighted by molar-refractivity contribution is -0.142. The van der Waals surface area contributed by atoms with E-state index in [0.717, 1.165) is 19.5 Å². The highest BCUT2D eigenvalue weighted by Gasteiger charge is 2.40. The average molecular weight is 141 g/mol. The molecule has 2 fully saturated rings. The van der Waals surface area contributed by atoms with Crippen LogP contribution in [-0.4, -0.2) is 35.1 Å². The maximum Gasteiger partial charge on any atom is 0.320 e. The molecule has 0 aliphatic carbocycles. The molecule has 0 aromatic rings. The Kier molecular flexibility index (Phi) is 1.20. The molecule has 3 atom stereocenters. The van der Waals surface area contributed by atoms with Crippen LogP contribution in [0.2, 0.25) is 0 Å². The van der Waals surface area contributed by atoms with Crippen LogP contribution in [0.1, 0.15) is 12.8 Å². The van der Waals surface area contributed by atoms with E-state index in [2.05, 4.69) is 4.90 Å². The zero-order valence-electron chi connectivity index (χ0n) is 5.79. The fourth-order valence-corrected chi connectivity index (χ4v) is 2.06. The van der Waals surface area contributed by atoms with E-state index < -0.39 is 5.97 Å². The fourth-order valence-electron chi connectivity index (χ4n) is 2.06. The van der Waals surface area contributed by atoms with E-state index in [4.69, 9.17) is 5.11 Å². The highest BCUT2D eigenvalue weighted by Crippen LogP contribution is 2.32. The van der Waals surface area contributed by atoms with Crippen LogP contribution < -0.4 is 0 Å². The zero-order valence-corrected chi connectivity index (χ0v) is 5.79. The molecule has 0 aromatic carbocycles. The van der Waals surface area contributed by atoms with Gasteiger partial charge in [-0.15, -0.1) is 0 Å². The molecule has 2 aliphatic heterocycles. The molecular weight excluding hydrogens is 130 g/mol. The van der Waals surface area contributed by atoms with Crippen LogP contribution in [0.15, 0.2) is 0 Å². The first-order chi connectivity index (χ1) is 4.77. The van der Waals surface area contributed by atoms with Crippen LogP contribution in [0.5, 0.6) is 0 Å². The highest BCUT2D eigenvalue weighted by atomic mass is 16.4. The molecule has 2 heterocycles. The van der Waals surface area contributed by atoms with Crippen molar-refractivity contribution in [3.8, 4) is 0 Å². The molecule has 2 bridgehead atoms. The second kappa shape index (κ2) is 1.95. The predicted molar refractivity (Wildman–Crippen MR) is 35.7 cm³/mol. The smallest absolute Gasteiger partial charge is 0.320 e. The molecule has 56 valence electrons. The minimum Gasteiger partial charge on any atom is -0.480 e. The number of carbonyl (C=O) groups is 1. The summed E-state index contributed by atoms with van der Waals surface area (Å²) in [6, 6.07) is -0.154. The Bertz CT molecular complexity index is 169. The third kappa shape index (κ3) is 0.736. The third-order valence-electron chi connectivity index (χ3n) is 2.60. The Balaban J connectivity index is 2.08. The van der Waals surface area contributed by atoms with Crippen LogP contribution in [0.25, 0.3) is 0 Å². The van der Waals surface area contributed by atoms with E-state index in [1.807, 2.05) is 0 Å². The second-order valence-electron chi connectivity index (χ2n) is 3.24. The number of hydrogen-bond donors (Lipinski definition) is 1. The van der Waals surface area contributed by atoms with Crippen molar-refractivity contribution in [3.05, 3.63) is 0 Å². The van der Waals surface area contributed by atoms with Gasteiger partial charge in [-0.25, -0.2) is 0 Å². The Morgan fingerprint density at radius 3 is 2.70 bits per heavy atom. The fraction of sp³-hybridized carbons (Fsp3) is 0.857. The largest absolute Gasteiger partial charge is 0.480 e. The minimum absolute atomic E-state index is 0.154. The number of hydrogen-bond acceptors (Lipinski definition) is 2. The highest BCUT2D eigenvalue weighted by molar-refractivity contribution is 5.74. The lowest BCUT2D eigenvalue weighted by Gasteiger charge is -2.19. The first-order valence-corrected chi connectivity index (χ1v) is 3.74. The zero-order chi connectivity index (χ0) is 7.14. The van der Waals surface area contributed by atoms with Gasteiger partial charge in [-0.2, -0.15) is 0 Å². The Hall–Kier alpha value is -0.570. The van der Waals surface area contributed by atoms with Gasteiger partial charge in [-0.1, -0.05) is 0 Å². The number of nitrogens with zero attached hydrogens (tertiary/aromatic N) is 1. The second-order valence-corrected chi connectivity index (χ2v) is 3.24. The number of piperidine rings is 1. The van der Waals surface area contributed by atoms with Crippen LogP contribution >= 0.6 is 0 Å². The predicted octanol–water partition coefficient (Wildman–Crippen LogP) is 0.165. The summed E-state index contributed by atoms with van der Waals surface area (Å²) in [5.41, 5.74) is 0. The average Bonchev–Trinajstić information content (AvgIpc) is 2.44. The van der Waals surface area contributed by atoms with Gasteiger partial charge >= 0.3 is 5.97 Å². The van der Waals surface area contributed by atoms with Gasteiger partial charge in [0.15, 0.2) is 0 Å². The summed E-state index contributed by atoms with van der Waals surface area (Å²) in [5, 5.41) is 8.69. The summed E-state index contributed by atoms with van der Waals surface area (Å²) in [7, 11) is 0. The molecule has 2 saturated heterocycles. The van der Waals surface area contributed by atoms with Gasteiger partial charge in [0.05, 0.1) is 0 Å². The van der Waals surface area contributed by atoms with Gasteiger partial charge < -0.3 is 5.11 Å². The molecular formula is C7H11NO2. The topological polar surface area (TPSA) is 40.5 Å². The van der Waals surface area contributed by atoms with Gasteiger partial charge in [0.1, 0.15) is 6.04 Å². The van der Waals surface area contributed by atoms with Crippen molar-refractivity contribution < 1.29 is 9.90 Å². The van der Waals surface area contributed by atoms with E-state index in [-0.39, 0.29) is 6.04 Å². The molecule has 10 heavy (non-hydrogen) atoms. The van der Waals surface area contributed by atoms with Gasteiger partial charge in [-0.3, -0.25) is 9.69 Å². The summed E-state index contributed by atoms with van der Waals surface area (Å²) in [6.07, 6.45) is 2.10. The molecule has 0 saturated carbocycles. The molecule has 2 rings (SSSR count). The van der Waals surface area contributed by atoms with E-state index in [0.29, 0.717) is 5.92 Å². The van der Waals surface area contributed by atoms with Crippen LogP contribution in [0, 0.1) is 5.92 Å². The standard InChI is InChI=1S/C7H11NO2/c9-7(10)6-3-5-1-2-8(6)4-5/h5-6H,1-4H2,(H,9,10)/t5-,6?/m1/s1. The minimum atomic E-state index is -0.637. The van der Waals surface area contributed by atoms with Crippen molar-refractivity contribution >= 4 is 5.97 Å². The normalized spacial score (nSPS) is 44.2. The summed E-state index contributed by atoms with van der Waals surface area (Å²) >= 11 is 0. The van der Waals surface area contributed by atoms with Crippen molar-refractivity contribution in [1.82, 2.24) is 4.90 Å². The van der Waals surface area contributed by atoms with Gasteiger partial charge in [-0.05, 0) is 25.3 Å². The molecule has 1 N–H and O–H groups in total. The maximum absolute atomic E-state index is 10.5. The monoisotopic (exact) mass is 141 g/mol. The molecule has 0 aromatic heterocycles. The molecule has 3 nitrogen and oxygen atoms in total. The number of fused-ring (bicyclic) bond motifs is 2. The Labute approximate surface area is 59.6 Å². The quantitative estimate of drug-likeness (QED) is 0.565. The van der Waals surface area contributed by atoms with Crippen LogP contribution in [0.3, 0.4) is 0 Å². The van der Waals surface area contributed by atoms with E-state index in [9.17, 15) is 4.79 Å². The summed E-state index contributed by atoms with van der Waals surface area (Å²) in [5.74, 6) is 0.0447. The first kappa shape index (κ1) is 6.16. The summed E-state index contributed by atoms with van der Waals surface area (Å²) < 4.78 is 0. The molecule has 0 radical (unpaired) electrons. The van der Waals surface area contributed by atoms with Crippen LogP contribution in [0.4, 0.5) is 0 Å². The van der Waals surface area contributed by atoms with Crippen molar-refractivity contribution in [1.29, 1.82) is 0 Å². The Morgan fingerprint density at radius 2 is 2.40 bits per heavy atom. The van der Waals surface area contributed by atoms with Crippen molar-refractivity contribution in [2.24, 2.45) is 5.92 Å². The molecule has 2 unspecified atom stereocenters. The van der Waals surface area contributed by atoms with Crippen molar-refractivity contribution in [2.75, 3.05) is 13.1 Å². The molecule has 3 heteroatoms. The maximum atomic E-state index is 10.5. The van der Waals surface area contributed by atoms with E-state index in [1.54, 1.807) is 0 Å². The van der Waals surface area contributed by atoms with Gasteiger partial charge in [0.2, 0.25) is 0 Å².